The number of nitrogens with zero attached hydrogens (tertiary/aromatic N) is 1. The Bertz CT molecular complexity index is 687. The van der Waals surface area contributed by atoms with Gasteiger partial charge in [0.05, 0.1) is 13.1 Å². The third-order valence-corrected chi connectivity index (χ3v) is 2.95. The quantitative estimate of drug-likeness (QED) is 0.570. The number of hydrogen-bond acceptors (Lipinski definition) is 5. The van der Waals surface area contributed by atoms with Gasteiger partial charge in [-0.15, -0.1) is 0 Å². The molecule has 7 heteroatoms. The molecule has 1 heterocycles. The zero-order valence-corrected chi connectivity index (χ0v) is 11.0. The van der Waals surface area contributed by atoms with E-state index in [9.17, 15) is 14.7 Å². The summed E-state index contributed by atoms with van der Waals surface area (Å²) in [6.45, 7) is -0.602. The van der Waals surface area contributed by atoms with Crippen LogP contribution in [-0.4, -0.2) is 40.0 Å². The Balaban J connectivity index is 2.32. The van der Waals surface area contributed by atoms with E-state index >= 15 is 0 Å². The smallest absolute Gasteiger partial charge is 0.317 e. The highest BCUT2D eigenvalue weighted by Gasteiger charge is 2.18. The highest BCUT2D eigenvalue weighted by molar-refractivity contribution is 6.34. The molecule has 0 radical (unpaired) electrons. The molecule has 104 valence electrons. The molecular formula is C13H11ClN2O4. The van der Waals surface area contributed by atoms with E-state index in [1.807, 2.05) is 0 Å². The largest absolute Gasteiger partial charge is 0.505 e. The van der Waals surface area contributed by atoms with Gasteiger partial charge >= 0.3 is 5.97 Å². The van der Waals surface area contributed by atoms with Crippen molar-refractivity contribution in [2.24, 2.45) is 0 Å². The minimum atomic E-state index is -1.08. The van der Waals surface area contributed by atoms with Crippen LogP contribution in [0, 0.1) is 0 Å². The van der Waals surface area contributed by atoms with Crippen molar-refractivity contribution in [3.05, 3.63) is 35.1 Å². The normalized spacial score (nSPS) is 10.7. The summed E-state index contributed by atoms with van der Waals surface area (Å²) >= 11 is 5.97. The van der Waals surface area contributed by atoms with Crippen molar-refractivity contribution < 1.29 is 19.8 Å². The van der Waals surface area contributed by atoms with E-state index in [1.165, 1.54) is 0 Å². The summed E-state index contributed by atoms with van der Waals surface area (Å²) in [5.41, 5.74) is -0.174. The Kier molecular flexibility index (Phi) is 4.16. The molecule has 1 aromatic carbocycles. The number of pyridine rings is 1. The number of aromatic nitrogens is 1. The molecule has 0 bridgehead atoms. The molecule has 0 aliphatic rings. The third kappa shape index (κ3) is 2.87. The van der Waals surface area contributed by atoms with Crippen molar-refractivity contribution in [3.63, 3.8) is 0 Å². The molecule has 6 nitrogen and oxygen atoms in total. The number of Topliss-reactive ketones (excluding diaryl/α,β-unsaturated/α-hetero) is 1. The second kappa shape index (κ2) is 5.85. The van der Waals surface area contributed by atoms with Crippen LogP contribution in [0.15, 0.2) is 24.3 Å². The van der Waals surface area contributed by atoms with Crippen LogP contribution in [0.2, 0.25) is 5.15 Å². The van der Waals surface area contributed by atoms with E-state index in [0.29, 0.717) is 10.8 Å². The number of rotatable bonds is 5. The number of halogens is 1. The molecular weight excluding hydrogens is 284 g/mol. The van der Waals surface area contributed by atoms with Gasteiger partial charge in [-0.1, -0.05) is 35.9 Å². The number of carbonyl (C=O) groups is 2. The molecule has 0 saturated heterocycles. The predicted octanol–water partition coefficient (Wildman–Crippen LogP) is 1.45. The third-order valence-electron chi connectivity index (χ3n) is 2.66. The van der Waals surface area contributed by atoms with Crippen LogP contribution in [0.25, 0.3) is 10.8 Å². The molecule has 3 N–H and O–H groups in total. The first kappa shape index (κ1) is 14.2. The van der Waals surface area contributed by atoms with Gasteiger partial charge in [0.25, 0.3) is 0 Å². The van der Waals surface area contributed by atoms with Crippen molar-refractivity contribution in [2.75, 3.05) is 13.1 Å². The molecule has 0 unspecified atom stereocenters. The number of nitrogens with one attached hydrogen (secondary N) is 1. The van der Waals surface area contributed by atoms with Crippen molar-refractivity contribution >= 4 is 34.1 Å². The molecule has 20 heavy (non-hydrogen) atoms. The van der Waals surface area contributed by atoms with Crippen molar-refractivity contribution in [2.45, 2.75) is 0 Å². The first-order valence-electron chi connectivity index (χ1n) is 5.73. The lowest BCUT2D eigenvalue weighted by molar-refractivity contribution is -0.135. The van der Waals surface area contributed by atoms with Crippen LogP contribution in [0.3, 0.4) is 0 Å². The minimum Gasteiger partial charge on any atom is -0.505 e. The molecule has 0 aliphatic heterocycles. The van der Waals surface area contributed by atoms with E-state index in [2.05, 4.69) is 10.3 Å². The highest BCUT2D eigenvalue weighted by Crippen LogP contribution is 2.31. The van der Waals surface area contributed by atoms with Crippen molar-refractivity contribution in [3.8, 4) is 5.75 Å². The fourth-order valence-corrected chi connectivity index (χ4v) is 2.02. The number of carbonyl (C=O) groups excluding carboxylic acids is 1. The molecule has 0 atom stereocenters. The van der Waals surface area contributed by atoms with E-state index in [-0.39, 0.29) is 29.7 Å². The number of aromatic hydroxyl groups is 1. The zero-order chi connectivity index (χ0) is 14.7. The fraction of sp³-hybridized carbons (Fsp3) is 0.154. The molecule has 2 rings (SSSR count). The van der Waals surface area contributed by atoms with Gasteiger partial charge in [0.2, 0.25) is 0 Å². The van der Waals surface area contributed by atoms with Gasteiger partial charge in [-0.3, -0.25) is 14.9 Å². The number of hydrogen-bond donors (Lipinski definition) is 3. The van der Waals surface area contributed by atoms with Gasteiger partial charge in [-0.05, 0) is 0 Å². The maximum absolute atomic E-state index is 11.9. The van der Waals surface area contributed by atoms with E-state index in [4.69, 9.17) is 16.7 Å². The van der Waals surface area contributed by atoms with Crippen LogP contribution in [0.4, 0.5) is 0 Å². The van der Waals surface area contributed by atoms with Crippen LogP contribution < -0.4 is 5.32 Å². The number of carboxylic acids is 1. The molecule has 0 saturated carbocycles. The summed E-state index contributed by atoms with van der Waals surface area (Å²) in [6, 6.07) is 6.75. The van der Waals surface area contributed by atoms with E-state index in [1.54, 1.807) is 24.3 Å². The number of benzene rings is 1. The van der Waals surface area contributed by atoms with Gasteiger partial charge in [-0.2, -0.15) is 0 Å². The standard InChI is InChI=1S/C13H11ClN2O4/c14-13-8-4-2-1-3-7(8)12(20)11(16-13)9(17)5-15-6-10(18)19/h1-4,15,20H,5-6H2,(H,18,19). The molecule has 0 aliphatic carbocycles. The second-order valence-electron chi connectivity index (χ2n) is 4.07. The highest BCUT2D eigenvalue weighted by atomic mass is 35.5. The summed E-state index contributed by atoms with van der Waals surface area (Å²) in [6.07, 6.45) is 0. The topological polar surface area (TPSA) is 99.5 Å². The Morgan fingerprint density at radius 1 is 1.20 bits per heavy atom. The lowest BCUT2D eigenvalue weighted by Gasteiger charge is -2.08. The van der Waals surface area contributed by atoms with E-state index < -0.39 is 11.8 Å². The Morgan fingerprint density at radius 2 is 1.85 bits per heavy atom. The zero-order valence-electron chi connectivity index (χ0n) is 10.3. The lowest BCUT2D eigenvalue weighted by Crippen LogP contribution is -2.28. The van der Waals surface area contributed by atoms with Crippen molar-refractivity contribution in [1.82, 2.24) is 10.3 Å². The van der Waals surface area contributed by atoms with Crippen LogP contribution in [0.1, 0.15) is 10.5 Å². The monoisotopic (exact) mass is 294 g/mol. The average molecular weight is 295 g/mol. The Labute approximate surface area is 119 Å². The first-order valence-corrected chi connectivity index (χ1v) is 6.11. The van der Waals surface area contributed by atoms with Gasteiger partial charge in [0.1, 0.15) is 5.15 Å². The Morgan fingerprint density at radius 3 is 2.50 bits per heavy atom. The fourth-order valence-electron chi connectivity index (χ4n) is 1.77. The molecule has 2 aromatic rings. The minimum absolute atomic E-state index is 0.111. The second-order valence-corrected chi connectivity index (χ2v) is 4.42. The van der Waals surface area contributed by atoms with Crippen LogP contribution in [0.5, 0.6) is 5.75 Å². The molecule has 1 aromatic heterocycles. The molecule has 0 amide bonds. The summed E-state index contributed by atoms with van der Waals surface area (Å²) < 4.78 is 0. The maximum Gasteiger partial charge on any atom is 0.317 e. The maximum atomic E-state index is 11.9. The summed E-state index contributed by atoms with van der Waals surface area (Å²) in [5, 5.41) is 22.1. The number of ketones is 1. The molecule has 0 spiro atoms. The summed E-state index contributed by atoms with van der Waals surface area (Å²) in [7, 11) is 0. The number of fused-ring (bicyclic) bond motifs is 1. The lowest BCUT2D eigenvalue weighted by atomic mass is 10.1. The summed E-state index contributed by atoms with van der Waals surface area (Å²) in [5.74, 6) is -1.87. The van der Waals surface area contributed by atoms with Crippen LogP contribution >= 0.6 is 11.6 Å². The Hall–Kier alpha value is -2.18. The van der Waals surface area contributed by atoms with Crippen molar-refractivity contribution in [1.29, 1.82) is 0 Å². The number of carboxylic acid groups (broad SMARTS) is 1. The summed E-state index contributed by atoms with van der Waals surface area (Å²) in [4.78, 5) is 26.1. The molecule has 0 fully saturated rings. The van der Waals surface area contributed by atoms with Gasteiger partial charge < -0.3 is 10.2 Å². The van der Waals surface area contributed by atoms with Gasteiger partial charge in [-0.25, -0.2) is 4.98 Å². The SMILES string of the molecule is O=C(O)CNCC(=O)c1nc(Cl)c2ccccc2c1O. The number of aliphatic carboxylic acids is 1. The first-order chi connectivity index (χ1) is 9.50. The van der Waals surface area contributed by atoms with Crippen LogP contribution in [-0.2, 0) is 4.79 Å². The predicted molar refractivity (Wildman–Crippen MR) is 73.3 cm³/mol. The van der Waals surface area contributed by atoms with Gasteiger partial charge in [0.15, 0.2) is 17.2 Å². The van der Waals surface area contributed by atoms with E-state index in [0.717, 1.165) is 0 Å². The average Bonchev–Trinajstić information content (AvgIpc) is 2.42. The van der Waals surface area contributed by atoms with Gasteiger partial charge in [0, 0.05) is 10.8 Å².